The zero-order valence-corrected chi connectivity index (χ0v) is 10.3. The lowest BCUT2D eigenvalue weighted by molar-refractivity contribution is 0.628. The standard InChI is InChI=1S/2C3H5ClN4/c1-8-3(2-4)5-6-7-8;1-8-6-3(2-4)5-7-8/h2*2H2,1H3. The van der Waals surface area contributed by atoms with Crippen LogP contribution in [0.2, 0.25) is 0 Å². The molecule has 2 aromatic rings. The van der Waals surface area contributed by atoms with E-state index in [-0.39, 0.29) is 0 Å². The first-order chi connectivity index (χ1) is 7.67. The van der Waals surface area contributed by atoms with E-state index in [0.717, 1.165) is 0 Å². The van der Waals surface area contributed by atoms with Gasteiger partial charge in [-0.1, -0.05) is 0 Å². The molecule has 10 heteroatoms. The highest BCUT2D eigenvalue weighted by Crippen LogP contribution is 1.91. The van der Waals surface area contributed by atoms with Crippen molar-refractivity contribution in [2.75, 3.05) is 0 Å². The van der Waals surface area contributed by atoms with Crippen molar-refractivity contribution in [1.82, 2.24) is 40.4 Å². The molecule has 0 saturated heterocycles. The van der Waals surface area contributed by atoms with Gasteiger partial charge < -0.3 is 0 Å². The number of aryl methyl sites for hydroxylation is 2. The van der Waals surface area contributed by atoms with Gasteiger partial charge in [-0.05, 0) is 15.6 Å². The van der Waals surface area contributed by atoms with Crippen LogP contribution in [0.5, 0.6) is 0 Å². The molecule has 0 aliphatic rings. The van der Waals surface area contributed by atoms with Crippen molar-refractivity contribution in [2.45, 2.75) is 11.8 Å². The normalized spacial score (nSPS) is 9.75. The molecule has 0 aliphatic carbocycles. The molecule has 2 aromatic heterocycles. The highest BCUT2D eigenvalue weighted by Gasteiger charge is 1.95. The van der Waals surface area contributed by atoms with Crippen LogP contribution in [-0.2, 0) is 25.9 Å². The molecule has 0 saturated carbocycles. The monoisotopic (exact) mass is 264 g/mol. The van der Waals surface area contributed by atoms with Gasteiger partial charge in [-0.15, -0.1) is 38.5 Å². The molecule has 0 atom stereocenters. The fourth-order valence-corrected chi connectivity index (χ4v) is 1.07. The van der Waals surface area contributed by atoms with E-state index in [2.05, 4.69) is 30.9 Å². The van der Waals surface area contributed by atoms with E-state index >= 15 is 0 Å². The topological polar surface area (TPSA) is 87.2 Å². The number of hydrogen-bond acceptors (Lipinski definition) is 6. The van der Waals surface area contributed by atoms with Crippen LogP contribution >= 0.6 is 23.2 Å². The van der Waals surface area contributed by atoms with E-state index in [1.54, 1.807) is 14.1 Å². The molecule has 0 fully saturated rings. The summed E-state index contributed by atoms with van der Waals surface area (Å²) in [6.07, 6.45) is 0. The lowest BCUT2D eigenvalue weighted by Crippen LogP contribution is -1.95. The Bertz CT molecular complexity index is 424. The Morgan fingerprint density at radius 2 is 1.81 bits per heavy atom. The Morgan fingerprint density at radius 1 is 1.06 bits per heavy atom. The van der Waals surface area contributed by atoms with E-state index in [0.29, 0.717) is 23.4 Å². The zero-order valence-electron chi connectivity index (χ0n) is 8.75. The van der Waals surface area contributed by atoms with Crippen LogP contribution in [0.15, 0.2) is 0 Å². The Kier molecular flexibility index (Phi) is 5.06. The Labute approximate surface area is 102 Å². The Hall–Kier alpha value is -1.28. The van der Waals surface area contributed by atoms with E-state index in [1.165, 1.54) is 9.48 Å². The molecule has 16 heavy (non-hydrogen) atoms. The summed E-state index contributed by atoms with van der Waals surface area (Å²) in [6.45, 7) is 0. The van der Waals surface area contributed by atoms with Crippen LogP contribution in [0.1, 0.15) is 11.6 Å². The summed E-state index contributed by atoms with van der Waals surface area (Å²) in [7, 11) is 3.45. The molecule has 0 unspecified atom stereocenters. The number of aromatic nitrogens is 8. The molecule has 0 bridgehead atoms. The molecule has 88 valence electrons. The van der Waals surface area contributed by atoms with Crippen molar-refractivity contribution in [3.05, 3.63) is 11.6 Å². The largest absolute Gasteiger partial charge is 0.232 e. The van der Waals surface area contributed by atoms with Gasteiger partial charge in [0.1, 0.15) is 0 Å². The van der Waals surface area contributed by atoms with Crippen LogP contribution in [-0.4, -0.2) is 40.4 Å². The van der Waals surface area contributed by atoms with E-state index < -0.39 is 0 Å². The Balaban J connectivity index is 0.000000160. The van der Waals surface area contributed by atoms with Gasteiger partial charge >= 0.3 is 0 Å². The molecule has 0 amide bonds. The van der Waals surface area contributed by atoms with Gasteiger partial charge in [0.25, 0.3) is 0 Å². The average molecular weight is 265 g/mol. The lowest BCUT2D eigenvalue weighted by atomic mass is 10.7. The second kappa shape index (κ2) is 6.33. The van der Waals surface area contributed by atoms with Gasteiger partial charge in [-0.25, -0.2) is 4.68 Å². The summed E-state index contributed by atoms with van der Waals surface area (Å²) >= 11 is 10.8. The number of alkyl halides is 2. The second-order valence-corrected chi connectivity index (χ2v) is 3.22. The minimum absolute atomic E-state index is 0.327. The van der Waals surface area contributed by atoms with Gasteiger partial charge in [0.05, 0.1) is 18.8 Å². The Morgan fingerprint density at radius 3 is 2.06 bits per heavy atom. The third kappa shape index (κ3) is 3.70. The number of nitrogens with zero attached hydrogens (tertiary/aromatic N) is 8. The molecule has 0 aromatic carbocycles. The predicted octanol–water partition coefficient (Wildman–Crippen LogP) is -0.102. The first kappa shape index (κ1) is 12.8. The van der Waals surface area contributed by atoms with Crippen LogP contribution in [0.25, 0.3) is 0 Å². The maximum Gasteiger partial charge on any atom is 0.189 e. The van der Waals surface area contributed by atoms with Crippen LogP contribution in [0.4, 0.5) is 0 Å². The SMILES string of the molecule is Cn1nnc(CCl)n1.Cn1nnnc1CCl. The van der Waals surface area contributed by atoms with Crippen molar-refractivity contribution in [1.29, 1.82) is 0 Å². The summed E-state index contributed by atoms with van der Waals surface area (Å²) in [4.78, 5) is 1.37. The third-order valence-electron chi connectivity index (χ3n) is 1.50. The van der Waals surface area contributed by atoms with Gasteiger partial charge in [0, 0.05) is 7.05 Å². The molecule has 2 heterocycles. The van der Waals surface area contributed by atoms with Crippen molar-refractivity contribution in [3.8, 4) is 0 Å². The molecule has 8 nitrogen and oxygen atoms in total. The summed E-state index contributed by atoms with van der Waals surface area (Å²) in [5.74, 6) is 1.94. The zero-order chi connectivity index (χ0) is 12.0. The van der Waals surface area contributed by atoms with Crippen molar-refractivity contribution in [2.24, 2.45) is 14.1 Å². The molecular formula is C6H10Cl2N8. The highest BCUT2D eigenvalue weighted by atomic mass is 35.5. The summed E-state index contributed by atoms with van der Waals surface area (Å²) in [5, 5.41) is 21.5. The lowest BCUT2D eigenvalue weighted by Gasteiger charge is -1.86. The first-order valence-electron chi connectivity index (χ1n) is 4.23. The molecular weight excluding hydrogens is 255 g/mol. The molecule has 0 N–H and O–H groups in total. The highest BCUT2D eigenvalue weighted by molar-refractivity contribution is 6.16. The number of rotatable bonds is 2. The van der Waals surface area contributed by atoms with Crippen LogP contribution < -0.4 is 0 Å². The van der Waals surface area contributed by atoms with Crippen LogP contribution in [0.3, 0.4) is 0 Å². The molecule has 0 spiro atoms. The minimum atomic E-state index is 0.327. The fourth-order valence-electron chi connectivity index (χ4n) is 0.738. The van der Waals surface area contributed by atoms with Crippen molar-refractivity contribution >= 4 is 23.2 Å². The number of halogens is 2. The van der Waals surface area contributed by atoms with Gasteiger partial charge in [0.15, 0.2) is 11.6 Å². The minimum Gasteiger partial charge on any atom is -0.232 e. The summed E-state index contributed by atoms with van der Waals surface area (Å²) < 4.78 is 1.53. The van der Waals surface area contributed by atoms with E-state index in [4.69, 9.17) is 23.2 Å². The smallest absolute Gasteiger partial charge is 0.189 e. The van der Waals surface area contributed by atoms with E-state index in [1.807, 2.05) is 0 Å². The second-order valence-electron chi connectivity index (χ2n) is 2.68. The quantitative estimate of drug-likeness (QED) is 0.704. The fraction of sp³-hybridized carbons (Fsp3) is 0.667. The number of hydrogen-bond donors (Lipinski definition) is 0. The number of tetrazole rings is 2. The van der Waals surface area contributed by atoms with Crippen molar-refractivity contribution < 1.29 is 0 Å². The molecule has 0 aliphatic heterocycles. The summed E-state index contributed by atoms with van der Waals surface area (Å²) in [6, 6.07) is 0. The van der Waals surface area contributed by atoms with Gasteiger partial charge in [-0.3, -0.25) is 0 Å². The molecule has 0 radical (unpaired) electrons. The predicted molar refractivity (Wildman–Crippen MR) is 56.7 cm³/mol. The third-order valence-corrected chi connectivity index (χ3v) is 1.97. The van der Waals surface area contributed by atoms with Gasteiger partial charge in [-0.2, -0.15) is 4.80 Å². The first-order valence-corrected chi connectivity index (χ1v) is 5.30. The van der Waals surface area contributed by atoms with Gasteiger partial charge in [0.2, 0.25) is 0 Å². The maximum atomic E-state index is 5.41. The molecule has 2 rings (SSSR count). The summed E-state index contributed by atoms with van der Waals surface area (Å²) in [5.41, 5.74) is 0. The van der Waals surface area contributed by atoms with Crippen molar-refractivity contribution in [3.63, 3.8) is 0 Å². The maximum absolute atomic E-state index is 5.41. The average Bonchev–Trinajstić information content (AvgIpc) is 2.87. The van der Waals surface area contributed by atoms with E-state index in [9.17, 15) is 0 Å². The van der Waals surface area contributed by atoms with Crippen LogP contribution in [0, 0.1) is 0 Å².